The first-order valence-corrected chi connectivity index (χ1v) is 7.97. The summed E-state index contributed by atoms with van der Waals surface area (Å²) in [7, 11) is 0. The molecule has 2 rings (SSSR count). The van der Waals surface area contributed by atoms with Gasteiger partial charge >= 0.3 is 5.97 Å². The number of likely N-dealkylation sites (tertiary alicyclic amines) is 1. The van der Waals surface area contributed by atoms with E-state index in [1.165, 1.54) is 4.90 Å². The molecule has 22 heavy (non-hydrogen) atoms. The molecule has 0 radical (unpaired) electrons. The maximum absolute atomic E-state index is 12.6. The second-order valence-electron chi connectivity index (χ2n) is 7.57. The number of hydrogen-bond donors (Lipinski definition) is 2. The summed E-state index contributed by atoms with van der Waals surface area (Å²) in [5, 5.41) is 12.2. The molecule has 2 N–H and O–H groups in total. The van der Waals surface area contributed by atoms with Crippen molar-refractivity contribution in [1.29, 1.82) is 0 Å². The Kier molecular flexibility index (Phi) is 4.49. The molecule has 0 spiro atoms. The van der Waals surface area contributed by atoms with Gasteiger partial charge in [0.25, 0.3) is 0 Å². The number of carboxylic acids is 1. The van der Waals surface area contributed by atoms with Crippen molar-refractivity contribution in [2.45, 2.75) is 59.0 Å². The SMILES string of the molecule is CC(NC(=O)C(C)(C)C)C(=O)N1CC2CCCC2C1C(=O)O. The number of carbonyl (C=O) groups excluding carboxylic acids is 2. The van der Waals surface area contributed by atoms with Crippen LogP contribution in [0.25, 0.3) is 0 Å². The fraction of sp³-hybridized carbons (Fsp3) is 0.812. The van der Waals surface area contributed by atoms with Crippen LogP contribution in [0.1, 0.15) is 47.0 Å². The number of aliphatic carboxylic acids is 1. The lowest BCUT2D eigenvalue weighted by molar-refractivity contribution is -0.150. The lowest BCUT2D eigenvalue weighted by atomic mass is 9.94. The van der Waals surface area contributed by atoms with E-state index in [2.05, 4.69) is 5.32 Å². The summed E-state index contributed by atoms with van der Waals surface area (Å²) in [6.07, 6.45) is 2.90. The quantitative estimate of drug-likeness (QED) is 0.821. The average Bonchev–Trinajstić information content (AvgIpc) is 2.95. The second kappa shape index (κ2) is 5.89. The van der Waals surface area contributed by atoms with Crippen molar-refractivity contribution in [2.24, 2.45) is 17.3 Å². The molecule has 2 fully saturated rings. The molecule has 1 aliphatic heterocycles. The van der Waals surface area contributed by atoms with E-state index in [4.69, 9.17) is 0 Å². The summed E-state index contributed by atoms with van der Waals surface area (Å²) in [6.45, 7) is 7.45. The van der Waals surface area contributed by atoms with Crippen LogP contribution in [0, 0.1) is 17.3 Å². The molecule has 1 saturated heterocycles. The van der Waals surface area contributed by atoms with Gasteiger partial charge < -0.3 is 15.3 Å². The highest BCUT2D eigenvalue weighted by Crippen LogP contribution is 2.42. The van der Waals surface area contributed by atoms with Crippen LogP contribution in [0.2, 0.25) is 0 Å². The Hall–Kier alpha value is -1.59. The molecule has 1 aliphatic carbocycles. The lowest BCUT2D eigenvalue weighted by Gasteiger charge is -2.29. The summed E-state index contributed by atoms with van der Waals surface area (Å²) in [5.74, 6) is -1.08. The molecule has 6 heteroatoms. The van der Waals surface area contributed by atoms with Gasteiger partial charge in [-0.15, -0.1) is 0 Å². The van der Waals surface area contributed by atoms with Gasteiger partial charge in [0.1, 0.15) is 12.1 Å². The zero-order chi connectivity index (χ0) is 16.7. The predicted octanol–water partition coefficient (Wildman–Crippen LogP) is 1.25. The van der Waals surface area contributed by atoms with Gasteiger partial charge in [-0.2, -0.15) is 0 Å². The zero-order valence-corrected chi connectivity index (χ0v) is 13.8. The first-order chi connectivity index (χ1) is 10.1. The van der Waals surface area contributed by atoms with E-state index in [0.29, 0.717) is 6.54 Å². The number of hydrogen-bond acceptors (Lipinski definition) is 3. The van der Waals surface area contributed by atoms with Gasteiger partial charge in [0.2, 0.25) is 11.8 Å². The molecule has 4 unspecified atom stereocenters. The normalized spacial score (nSPS) is 29.1. The molecule has 6 nitrogen and oxygen atoms in total. The van der Waals surface area contributed by atoms with Gasteiger partial charge in [0, 0.05) is 12.0 Å². The van der Waals surface area contributed by atoms with E-state index >= 15 is 0 Å². The molecule has 0 aromatic carbocycles. The Morgan fingerprint density at radius 2 is 1.86 bits per heavy atom. The smallest absolute Gasteiger partial charge is 0.326 e. The Balaban J connectivity index is 2.08. The summed E-state index contributed by atoms with van der Waals surface area (Å²) in [5.41, 5.74) is -0.581. The second-order valence-corrected chi connectivity index (χ2v) is 7.57. The van der Waals surface area contributed by atoms with E-state index < -0.39 is 23.5 Å². The fourth-order valence-corrected chi connectivity index (χ4v) is 3.57. The predicted molar refractivity (Wildman–Crippen MR) is 81.0 cm³/mol. The van der Waals surface area contributed by atoms with Gasteiger partial charge in [0.15, 0.2) is 0 Å². The highest BCUT2D eigenvalue weighted by atomic mass is 16.4. The van der Waals surface area contributed by atoms with Gasteiger partial charge in [-0.3, -0.25) is 9.59 Å². The molecular formula is C16H26N2O4. The largest absolute Gasteiger partial charge is 0.480 e. The number of carboxylic acid groups (broad SMARTS) is 1. The van der Waals surface area contributed by atoms with Gasteiger partial charge in [0.05, 0.1) is 0 Å². The Morgan fingerprint density at radius 3 is 2.41 bits per heavy atom. The van der Waals surface area contributed by atoms with Crippen molar-refractivity contribution in [2.75, 3.05) is 6.54 Å². The number of fused-ring (bicyclic) bond motifs is 1. The minimum atomic E-state index is -0.933. The Morgan fingerprint density at radius 1 is 1.23 bits per heavy atom. The van der Waals surface area contributed by atoms with Gasteiger partial charge in [-0.05, 0) is 31.6 Å². The highest BCUT2D eigenvalue weighted by Gasteiger charge is 2.50. The monoisotopic (exact) mass is 310 g/mol. The molecule has 0 bridgehead atoms. The van der Waals surface area contributed by atoms with Crippen LogP contribution in [0.4, 0.5) is 0 Å². The number of nitrogens with zero attached hydrogens (tertiary/aromatic N) is 1. The van der Waals surface area contributed by atoms with Crippen molar-refractivity contribution in [1.82, 2.24) is 10.2 Å². The van der Waals surface area contributed by atoms with Crippen LogP contribution in [0.15, 0.2) is 0 Å². The minimum absolute atomic E-state index is 0.0620. The molecular weight excluding hydrogens is 284 g/mol. The number of rotatable bonds is 3. The molecule has 0 aromatic rings. The van der Waals surface area contributed by atoms with Crippen molar-refractivity contribution >= 4 is 17.8 Å². The summed E-state index contributed by atoms with van der Waals surface area (Å²) < 4.78 is 0. The maximum atomic E-state index is 12.6. The van der Waals surface area contributed by atoms with Crippen molar-refractivity contribution in [3.05, 3.63) is 0 Å². The number of nitrogens with one attached hydrogen (secondary N) is 1. The molecule has 2 aliphatic rings. The first kappa shape index (κ1) is 16.8. The van der Waals surface area contributed by atoms with Gasteiger partial charge in [-0.1, -0.05) is 27.2 Å². The lowest BCUT2D eigenvalue weighted by Crippen LogP contribution is -2.53. The van der Waals surface area contributed by atoms with Crippen LogP contribution in [0.5, 0.6) is 0 Å². The zero-order valence-electron chi connectivity index (χ0n) is 13.8. The van der Waals surface area contributed by atoms with Crippen molar-refractivity contribution in [3.63, 3.8) is 0 Å². The number of carbonyl (C=O) groups is 3. The summed E-state index contributed by atoms with van der Waals surface area (Å²) >= 11 is 0. The third kappa shape index (κ3) is 3.10. The summed E-state index contributed by atoms with van der Waals surface area (Å²) in [4.78, 5) is 37.7. The summed E-state index contributed by atoms with van der Waals surface area (Å²) in [6, 6.07) is -1.44. The standard InChI is InChI=1S/C16H26N2O4/c1-9(17-15(22)16(2,3)4)13(19)18-8-10-6-5-7-11(10)12(18)14(20)21/h9-12H,5-8H2,1-4H3,(H,17,22)(H,20,21). The van der Waals surface area contributed by atoms with Crippen LogP contribution >= 0.6 is 0 Å². The molecule has 2 amide bonds. The van der Waals surface area contributed by atoms with Gasteiger partial charge in [-0.25, -0.2) is 4.79 Å². The van der Waals surface area contributed by atoms with Crippen molar-refractivity contribution < 1.29 is 19.5 Å². The molecule has 4 atom stereocenters. The van der Waals surface area contributed by atoms with E-state index in [-0.39, 0.29) is 23.7 Å². The topological polar surface area (TPSA) is 86.7 Å². The van der Waals surface area contributed by atoms with Crippen LogP contribution < -0.4 is 5.32 Å². The molecule has 1 saturated carbocycles. The number of amides is 2. The van der Waals surface area contributed by atoms with E-state index in [1.807, 2.05) is 0 Å². The Bertz CT molecular complexity index is 483. The minimum Gasteiger partial charge on any atom is -0.480 e. The maximum Gasteiger partial charge on any atom is 0.326 e. The third-order valence-electron chi connectivity index (χ3n) is 4.83. The third-order valence-corrected chi connectivity index (χ3v) is 4.83. The highest BCUT2D eigenvalue weighted by molar-refractivity contribution is 5.92. The molecule has 1 heterocycles. The van der Waals surface area contributed by atoms with E-state index in [9.17, 15) is 19.5 Å². The van der Waals surface area contributed by atoms with Crippen LogP contribution in [0.3, 0.4) is 0 Å². The van der Waals surface area contributed by atoms with Crippen LogP contribution in [-0.2, 0) is 14.4 Å². The first-order valence-electron chi connectivity index (χ1n) is 7.97. The van der Waals surface area contributed by atoms with E-state index in [1.54, 1.807) is 27.7 Å². The Labute approximate surface area is 131 Å². The fourth-order valence-electron chi connectivity index (χ4n) is 3.57. The van der Waals surface area contributed by atoms with E-state index in [0.717, 1.165) is 19.3 Å². The molecule has 124 valence electrons. The average molecular weight is 310 g/mol. The van der Waals surface area contributed by atoms with Crippen LogP contribution in [-0.4, -0.2) is 46.4 Å². The molecule has 0 aromatic heterocycles. The van der Waals surface area contributed by atoms with Crippen molar-refractivity contribution in [3.8, 4) is 0 Å².